The molecule has 0 heterocycles. The Labute approximate surface area is 129 Å². The smallest absolute Gasteiger partial charge is 0.141 e. The van der Waals surface area contributed by atoms with Crippen LogP contribution in [0.1, 0.15) is 0 Å². The molecule has 3 aromatic rings. The van der Waals surface area contributed by atoms with Crippen LogP contribution in [0.2, 0.25) is 0 Å². The third-order valence-corrected chi connectivity index (χ3v) is 5.74. The fraction of sp³-hybridized carbons (Fsp3) is 0. The topological polar surface area (TPSA) is 0 Å². The number of thiol groups is 1. The molecule has 3 rings (SSSR count). The SMILES string of the molecule is Fc1cc(F)c([SH](c2ccccc2)c2ccccc2)c(F)c1. The van der Waals surface area contributed by atoms with Crippen LogP contribution < -0.4 is 0 Å². The molecule has 0 aromatic heterocycles. The number of rotatable bonds is 3. The Morgan fingerprint density at radius 1 is 0.591 bits per heavy atom. The second-order valence-electron chi connectivity index (χ2n) is 4.72. The van der Waals surface area contributed by atoms with Gasteiger partial charge in [-0.25, -0.2) is 13.2 Å². The van der Waals surface area contributed by atoms with Crippen LogP contribution in [0.15, 0.2) is 87.5 Å². The van der Waals surface area contributed by atoms with Gasteiger partial charge in [-0.15, -0.1) is 0 Å². The van der Waals surface area contributed by atoms with Crippen molar-refractivity contribution in [3.05, 3.63) is 90.2 Å². The van der Waals surface area contributed by atoms with Crippen molar-refractivity contribution >= 4 is 10.9 Å². The minimum absolute atomic E-state index is 0.0752. The van der Waals surface area contributed by atoms with E-state index in [1.807, 2.05) is 60.7 Å². The van der Waals surface area contributed by atoms with Crippen molar-refractivity contribution in [2.24, 2.45) is 0 Å². The Hall–Kier alpha value is -2.20. The Balaban J connectivity index is 2.24. The van der Waals surface area contributed by atoms with Gasteiger partial charge in [0.1, 0.15) is 17.5 Å². The molecule has 22 heavy (non-hydrogen) atoms. The lowest BCUT2D eigenvalue weighted by Crippen LogP contribution is -1.97. The highest BCUT2D eigenvalue weighted by molar-refractivity contribution is 8.17. The quantitative estimate of drug-likeness (QED) is 0.599. The summed E-state index contributed by atoms with van der Waals surface area (Å²) < 4.78 is 41.7. The number of halogens is 3. The van der Waals surface area contributed by atoms with E-state index in [0.29, 0.717) is 0 Å². The van der Waals surface area contributed by atoms with Crippen molar-refractivity contribution in [3.63, 3.8) is 0 Å². The Kier molecular flexibility index (Phi) is 4.20. The summed E-state index contributed by atoms with van der Waals surface area (Å²) in [7, 11) is -1.42. The van der Waals surface area contributed by atoms with Crippen LogP contribution in [0.25, 0.3) is 0 Å². The molecule has 4 heteroatoms. The Morgan fingerprint density at radius 3 is 1.41 bits per heavy atom. The molecular weight excluding hydrogens is 305 g/mol. The molecule has 0 aliphatic rings. The molecule has 0 amide bonds. The first kappa shape index (κ1) is 14.7. The summed E-state index contributed by atoms with van der Waals surface area (Å²) >= 11 is 0. The van der Waals surface area contributed by atoms with E-state index in [-0.39, 0.29) is 4.90 Å². The summed E-state index contributed by atoms with van der Waals surface area (Å²) in [4.78, 5) is 1.55. The largest absolute Gasteiger partial charge is 0.207 e. The van der Waals surface area contributed by atoms with Crippen LogP contribution in [0.4, 0.5) is 13.2 Å². The van der Waals surface area contributed by atoms with E-state index in [9.17, 15) is 13.2 Å². The van der Waals surface area contributed by atoms with E-state index in [2.05, 4.69) is 0 Å². The molecule has 0 N–H and O–H groups in total. The van der Waals surface area contributed by atoms with Crippen molar-refractivity contribution < 1.29 is 13.2 Å². The molecule has 3 aromatic carbocycles. The first-order valence-electron chi connectivity index (χ1n) is 6.71. The van der Waals surface area contributed by atoms with Gasteiger partial charge in [-0.05, 0) is 34.1 Å². The molecule has 112 valence electrons. The first-order chi connectivity index (χ1) is 10.7. The van der Waals surface area contributed by atoms with Gasteiger partial charge in [0.15, 0.2) is 0 Å². The molecule has 0 atom stereocenters. The normalized spacial score (nSPS) is 11.3. The van der Waals surface area contributed by atoms with Crippen molar-refractivity contribution in [1.82, 2.24) is 0 Å². The maximum absolute atomic E-state index is 14.3. The average molecular weight is 318 g/mol. The minimum Gasteiger partial charge on any atom is -0.207 e. The third kappa shape index (κ3) is 2.88. The lowest BCUT2D eigenvalue weighted by Gasteiger charge is -2.24. The Bertz CT molecular complexity index is 710. The van der Waals surface area contributed by atoms with Crippen molar-refractivity contribution in [2.45, 2.75) is 14.7 Å². The highest BCUT2D eigenvalue weighted by Gasteiger charge is 2.21. The predicted molar refractivity (Wildman–Crippen MR) is 83.0 cm³/mol. The first-order valence-corrected chi connectivity index (χ1v) is 8.06. The molecule has 0 spiro atoms. The van der Waals surface area contributed by atoms with Gasteiger partial charge in [-0.3, -0.25) is 0 Å². The molecule has 0 saturated heterocycles. The maximum Gasteiger partial charge on any atom is 0.141 e. The highest BCUT2D eigenvalue weighted by atomic mass is 32.2. The van der Waals surface area contributed by atoms with E-state index >= 15 is 0 Å². The van der Waals surface area contributed by atoms with E-state index in [1.165, 1.54) is 0 Å². The van der Waals surface area contributed by atoms with Crippen LogP contribution in [0, 0.1) is 17.5 Å². The van der Waals surface area contributed by atoms with Gasteiger partial charge in [-0.2, -0.15) is 10.9 Å². The van der Waals surface area contributed by atoms with E-state index in [0.717, 1.165) is 21.9 Å². The van der Waals surface area contributed by atoms with Gasteiger partial charge in [0.25, 0.3) is 0 Å². The molecule has 0 aliphatic carbocycles. The number of hydrogen-bond acceptors (Lipinski definition) is 0. The van der Waals surface area contributed by atoms with Crippen LogP contribution in [-0.2, 0) is 0 Å². The van der Waals surface area contributed by atoms with E-state index < -0.39 is 28.3 Å². The zero-order chi connectivity index (χ0) is 15.5. The van der Waals surface area contributed by atoms with E-state index in [1.54, 1.807) is 0 Å². The summed E-state index contributed by atoms with van der Waals surface area (Å²) in [5.41, 5.74) is 0. The second-order valence-corrected chi connectivity index (χ2v) is 6.88. The molecular formula is C18H13F3S. The molecule has 0 bridgehead atoms. The van der Waals surface area contributed by atoms with Crippen molar-refractivity contribution in [1.29, 1.82) is 0 Å². The fourth-order valence-corrected chi connectivity index (χ4v) is 4.62. The van der Waals surface area contributed by atoms with Gasteiger partial charge >= 0.3 is 0 Å². The molecule has 0 radical (unpaired) electrons. The summed E-state index contributed by atoms with van der Waals surface area (Å²) in [5, 5.41) is 0. The summed E-state index contributed by atoms with van der Waals surface area (Å²) in [5.74, 6) is -2.61. The predicted octanol–water partition coefficient (Wildman–Crippen LogP) is 5.58. The van der Waals surface area contributed by atoms with Gasteiger partial charge in [-0.1, -0.05) is 36.4 Å². The number of hydrogen-bond donors (Lipinski definition) is 1. The molecule has 0 aliphatic heterocycles. The lowest BCUT2D eigenvalue weighted by molar-refractivity contribution is 0.510. The van der Waals surface area contributed by atoms with Gasteiger partial charge < -0.3 is 0 Å². The van der Waals surface area contributed by atoms with Crippen LogP contribution in [0.5, 0.6) is 0 Å². The molecule has 0 saturated carbocycles. The summed E-state index contributed by atoms with van der Waals surface area (Å²) in [6.07, 6.45) is 0. The van der Waals surface area contributed by atoms with Gasteiger partial charge in [0, 0.05) is 12.1 Å². The molecule has 0 fully saturated rings. The lowest BCUT2D eigenvalue weighted by atomic mass is 10.3. The summed E-state index contributed by atoms with van der Waals surface area (Å²) in [6.45, 7) is 0. The van der Waals surface area contributed by atoms with Crippen LogP contribution in [0.3, 0.4) is 0 Å². The summed E-state index contributed by atoms with van der Waals surface area (Å²) in [6, 6.07) is 19.8. The second kappa shape index (κ2) is 6.28. The Morgan fingerprint density at radius 2 is 1.00 bits per heavy atom. The third-order valence-electron chi connectivity index (χ3n) is 3.23. The highest BCUT2D eigenvalue weighted by Crippen LogP contribution is 2.53. The van der Waals surface area contributed by atoms with Crippen LogP contribution in [-0.4, -0.2) is 0 Å². The zero-order valence-corrected chi connectivity index (χ0v) is 12.4. The maximum atomic E-state index is 14.3. The molecule has 0 nitrogen and oxygen atoms in total. The van der Waals surface area contributed by atoms with Gasteiger partial charge in [0.05, 0.1) is 4.90 Å². The average Bonchev–Trinajstić information content (AvgIpc) is 2.52. The van der Waals surface area contributed by atoms with Crippen molar-refractivity contribution in [2.75, 3.05) is 0 Å². The fourth-order valence-electron chi connectivity index (χ4n) is 2.31. The van der Waals surface area contributed by atoms with Crippen LogP contribution >= 0.6 is 10.9 Å². The molecule has 0 unspecified atom stereocenters. The van der Waals surface area contributed by atoms with Gasteiger partial charge in [0.2, 0.25) is 0 Å². The van der Waals surface area contributed by atoms with E-state index in [4.69, 9.17) is 0 Å². The standard InChI is InChI=1S/C18H13F3S/c19-13-11-16(20)18(17(21)12-13)22(14-7-3-1-4-8-14)15-9-5-2-6-10-15/h1-12,22H. The zero-order valence-electron chi connectivity index (χ0n) is 11.5. The monoisotopic (exact) mass is 318 g/mol. The minimum atomic E-state index is -1.42. The van der Waals surface area contributed by atoms with Crippen molar-refractivity contribution in [3.8, 4) is 0 Å². The number of benzene rings is 3.